The first kappa shape index (κ1) is 15.3. The van der Waals surface area contributed by atoms with E-state index in [4.69, 9.17) is 10.5 Å². The summed E-state index contributed by atoms with van der Waals surface area (Å²) in [5.74, 6) is 0.925. The van der Waals surface area contributed by atoms with Crippen molar-refractivity contribution in [3.05, 3.63) is 42.2 Å². The quantitative estimate of drug-likeness (QED) is 0.873. The Morgan fingerprint density at radius 1 is 1.19 bits per heavy atom. The molecule has 0 unspecified atom stereocenters. The summed E-state index contributed by atoms with van der Waals surface area (Å²) in [5, 5.41) is 0. The van der Waals surface area contributed by atoms with Gasteiger partial charge in [0.1, 0.15) is 11.5 Å². The van der Waals surface area contributed by atoms with Crippen molar-refractivity contribution in [1.29, 1.82) is 0 Å². The zero-order chi connectivity index (χ0) is 15.6. The fourth-order valence-corrected chi connectivity index (χ4v) is 2.57. The lowest BCUT2D eigenvalue weighted by molar-refractivity contribution is 0.481. The third-order valence-corrected chi connectivity index (χ3v) is 4.68. The van der Waals surface area contributed by atoms with Crippen LogP contribution < -0.4 is 10.5 Å². The minimum absolute atomic E-state index is 0.124. The molecule has 6 nitrogen and oxygen atoms in total. The molecule has 0 saturated heterocycles. The highest BCUT2D eigenvalue weighted by atomic mass is 32.2. The highest BCUT2D eigenvalue weighted by molar-refractivity contribution is 7.89. The highest BCUT2D eigenvalue weighted by Gasteiger charge is 2.18. The van der Waals surface area contributed by atoms with Crippen LogP contribution in [-0.2, 0) is 10.0 Å². The number of nitrogens with zero attached hydrogens (tertiary/aromatic N) is 2. The maximum atomic E-state index is 12.0. The van der Waals surface area contributed by atoms with Crippen molar-refractivity contribution in [2.24, 2.45) is 0 Å². The van der Waals surface area contributed by atoms with E-state index in [1.54, 1.807) is 12.3 Å². The van der Waals surface area contributed by atoms with Crippen molar-refractivity contribution in [3.8, 4) is 11.5 Å². The smallest absolute Gasteiger partial charge is 0.242 e. The molecule has 21 heavy (non-hydrogen) atoms. The average Bonchev–Trinajstić information content (AvgIpc) is 2.43. The molecule has 7 heteroatoms. The molecule has 0 saturated carbocycles. The van der Waals surface area contributed by atoms with Crippen LogP contribution in [0.4, 0.5) is 5.69 Å². The van der Waals surface area contributed by atoms with E-state index in [9.17, 15) is 8.42 Å². The van der Waals surface area contributed by atoms with Gasteiger partial charge in [0, 0.05) is 19.8 Å². The van der Waals surface area contributed by atoms with Crippen LogP contribution in [-0.4, -0.2) is 31.8 Å². The number of nitrogen functional groups attached to an aromatic ring is 1. The third kappa shape index (κ3) is 3.32. The van der Waals surface area contributed by atoms with Gasteiger partial charge in [-0.15, -0.1) is 0 Å². The Balaban J connectivity index is 2.30. The van der Waals surface area contributed by atoms with Gasteiger partial charge >= 0.3 is 0 Å². The maximum Gasteiger partial charge on any atom is 0.242 e. The van der Waals surface area contributed by atoms with E-state index in [0.717, 1.165) is 10.00 Å². The van der Waals surface area contributed by atoms with Crippen LogP contribution in [0.15, 0.2) is 41.4 Å². The average molecular weight is 307 g/mol. The second kappa shape index (κ2) is 5.71. The fraction of sp³-hybridized carbons (Fsp3) is 0.214. The largest absolute Gasteiger partial charge is 0.454 e. The zero-order valence-corrected chi connectivity index (χ0v) is 12.9. The van der Waals surface area contributed by atoms with Gasteiger partial charge < -0.3 is 10.5 Å². The molecule has 0 bridgehead atoms. The van der Waals surface area contributed by atoms with Crippen molar-refractivity contribution < 1.29 is 13.2 Å². The Hall–Kier alpha value is -2.12. The number of aryl methyl sites for hydroxylation is 1. The first-order valence-corrected chi connectivity index (χ1v) is 7.67. The van der Waals surface area contributed by atoms with Crippen molar-refractivity contribution in [2.45, 2.75) is 11.8 Å². The van der Waals surface area contributed by atoms with E-state index in [1.165, 1.54) is 32.3 Å². The molecule has 1 aromatic heterocycles. The van der Waals surface area contributed by atoms with E-state index < -0.39 is 10.0 Å². The van der Waals surface area contributed by atoms with E-state index >= 15 is 0 Å². The number of hydrogen-bond donors (Lipinski definition) is 1. The van der Waals surface area contributed by atoms with Crippen molar-refractivity contribution in [3.63, 3.8) is 0 Å². The van der Waals surface area contributed by atoms with E-state index in [0.29, 0.717) is 11.5 Å². The topological polar surface area (TPSA) is 85.5 Å². The lowest BCUT2D eigenvalue weighted by Crippen LogP contribution is -2.22. The van der Waals surface area contributed by atoms with Gasteiger partial charge in [0.05, 0.1) is 16.8 Å². The summed E-state index contributed by atoms with van der Waals surface area (Å²) < 4.78 is 30.7. The SMILES string of the molecule is Cc1ccc(Oc2ccc(S(=O)(=O)N(C)C)cc2N)cn1. The molecular weight excluding hydrogens is 290 g/mol. The normalized spacial score (nSPS) is 11.6. The van der Waals surface area contributed by atoms with E-state index in [-0.39, 0.29) is 10.6 Å². The molecule has 0 spiro atoms. The van der Waals surface area contributed by atoms with Crippen LogP contribution in [0.1, 0.15) is 5.69 Å². The molecule has 112 valence electrons. The summed E-state index contributed by atoms with van der Waals surface area (Å²) in [5.41, 5.74) is 6.99. The fourth-order valence-electron chi connectivity index (χ4n) is 1.63. The molecule has 2 rings (SSSR count). The van der Waals surface area contributed by atoms with Gasteiger partial charge in [-0.2, -0.15) is 0 Å². The molecular formula is C14H17N3O3S. The highest BCUT2D eigenvalue weighted by Crippen LogP contribution is 2.29. The maximum absolute atomic E-state index is 12.0. The summed E-state index contributed by atoms with van der Waals surface area (Å²) in [7, 11) is -0.577. The summed E-state index contributed by atoms with van der Waals surface area (Å²) in [6.07, 6.45) is 1.58. The van der Waals surface area contributed by atoms with Crippen LogP contribution in [0.2, 0.25) is 0 Å². The Kier molecular flexibility index (Phi) is 4.15. The van der Waals surface area contributed by atoms with Gasteiger partial charge in [-0.05, 0) is 37.3 Å². The predicted octanol–water partition coefficient (Wildman–Crippen LogP) is 2.01. The molecule has 1 heterocycles. The Morgan fingerprint density at radius 2 is 1.90 bits per heavy atom. The summed E-state index contributed by atoms with van der Waals surface area (Å²) in [4.78, 5) is 4.24. The summed E-state index contributed by atoms with van der Waals surface area (Å²) in [6.45, 7) is 1.87. The monoisotopic (exact) mass is 307 g/mol. The van der Waals surface area contributed by atoms with E-state index in [1.807, 2.05) is 13.0 Å². The minimum atomic E-state index is -3.51. The number of benzene rings is 1. The van der Waals surface area contributed by atoms with Crippen LogP contribution >= 0.6 is 0 Å². The molecule has 0 radical (unpaired) electrons. The van der Waals surface area contributed by atoms with Gasteiger partial charge in [0.2, 0.25) is 10.0 Å². The second-order valence-electron chi connectivity index (χ2n) is 4.72. The van der Waals surface area contributed by atoms with Crippen molar-refractivity contribution in [2.75, 3.05) is 19.8 Å². The minimum Gasteiger partial charge on any atom is -0.454 e. The first-order valence-electron chi connectivity index (χ1n) is 6.23. The predicted molar refractivity (Wildman–Crippen MR) is 80.8 cm³/mol. The third-order valence-electron chi connectivity index (χ3n) is 2.87. The number of nitrogens with two attached hydrogens (primary N) is 1. The molecule has 0 fully saturated rings. The molecule has 0 aliphatic carbocycles. The lowest BCUT2D eigenvalue weighted by atomic mass is 10.3. The Morgan fingerprint density at radius 3 is 2.43 bits per heavy atom. The summed E-state index contributed by atoms with van der Waals surface area (Å²) in [6, 6.07) is 7.96. The van der Waals surface area contributed by atoms with Crippen LogP contribution in [0.25, 0.3) is 0 Å². The van der Waals surface area contributed by atoms with Gasteiger partial charge in [0.25, 0.3) is 0 Å². The van der Waals surface area contributed by atoms with Crippen molar-refractivity contribution >= 4 is 15.7 Å². The van der Waals surface area contributed by atoms with Crippen LogP contribution in [0.3, 0.4) is 0 Å². The Bertz CT molecular complexity index is 741. The standard InChI is InChI=1S/C14H17N3O3S/c1-10-4-5-11(9-16-10)20-14-7-6-12(8-13(14)15)21(18,19)17(2)3/h4-9H,15H2,1-3H3. The molecule has 0 aliphatic rings. The first-order chi connectivity index (χ1) is 9.80. The number of rotatable bonds is 4. The van der Waals surface area contributed by atoms with Crippen LogP contribution in [0, 0.1) is 6.92 Å². The lowest BCUT2D eigenvalue weighted by Gasteiger charge is -2.13. The zero-order valence-electron chi connectivity index (χ0n) is 12.1. The number of ether oxygens (including phenoxy) is 1. The number of aromatic nitrogens is 1. The molecule has 0 amide bonds. The summed E-state index contributed by atoms with van der Waals surface area (Å²) >= 11 is 0. The number of hydrogen-bond acceptors (Lipinski definition) is 5. The number of pyridine rings is 1. The van der Waals surface area contributed by atoms with Gasteiger partial charge in [0.15, 0.2) is 0 Å². The Labute approximate surface area is 124 Å². The number of sulfonamides is 1. The molecule has 1 aromatic carbocycles. The molecule has 2 N–H and O–H groups in total. The second-order valence-corrected chi connectivity index (χ2v) is 6.88. The number of anilines is 1. The van der Waals surface area contributed by atoms with Gasteiger partial charge in [-0.25, -0.2) is 12.7 Å². The van der Waals surface area contributed by atoms with Crippen molar-refractivity contribution in [1.82, 2.24) is 9.29 Å². The van der Waals surface area contributed by atoms with Gasteiger partial charge in [-0.1, -0.05) is 0 Å². The van der Waals surface area contributed by atoms with Gasteiger partial charge in [-0.3, -0.25) is 4.98 Å². The van der Waals surface area contributed by atoms with Crippen LogP contribution in [0.5, 0.6) is 11.5 Å². The van der Waals surface area contributed by atoms with E-state index in [2.05, 4.69) is 4.98 Å². The molecule has 2 aromatic rings. The molecule has 0 aliphatic heterocycles. The molecule has 0 atom stereocenters.